The standard InChI is InChI=1S/C33H32F2N6O/c1-40(20-23-4-3-5-26(35)18-23)21-27-12-15-30-39-31(24-8-10-25(34)11-9-24)32(41(27)30)29-16-17-36-33(38-29)37-19-22-6-13-28(42-2)14-7-22/h3-11,13-14,16-18,27H,12,15,19-21H2,1-2H3,(H,36,37,38). The molecule has 1 unspecified atom stereocenters. The highest BCUT2D eigenvalue weighted by Gasteiger charge is 2.31. The Morgan fingerprint density at radius 3 is 2.52 bits per heavy atom. The Hall–Kier alpha value is -4.63. The normalized spacial score (nSPS) is 14.3. The van der Waals surface area contributed by atoms with Crippen LogP contribution in [-0.2, 0) is 19.5 Å². The van der Waals surface area contributed by atoms with Gasteiger partial charge in [-0.1, -0.05) is 24.3 Å². The smallest absolute Gasteiger partial charge is 0.223 e. The van der Waals surface area contributed by atoms with E-state index >= 15 is 0 Å². The molecular weight excluding hydrogens is 534 g/mol. The summed E-state index contributed by atoms with van der Waals surface area (Å²) in [5, 5.41) is 3.33. The molecule has 5 aromatic rings. The number of hydrogen-bond donors (Lipinski definition) is 1. The molecule has 0 saturated heterocycles. The molecular formula is C33H32F2N6O. The molecule has 2 aromatic heterocycles. The van der Waals surface area contributed by atoms with E-state index in [9.17, 15) is 8.78 Å². The molecule has 1 N–H and O–H groups in total. The Labute approximate surface area is 243 Å². The third-order valence-corrected chi connectivity index (χ3v) is 7.54. The zero-order chi connectivity index (χ0) is 29.1. The summed E-state index contributed by atoms with van der Waals surface area (Å²) in [5.74, 6) is 1.75. The Bertz CT molecular complexity index is 1670. The summed E-state index contributed by atoms with van der Waals surface area (Å²) in [6.07, 6.45) is 3.49. The number of aromatic nitrogens is 4. The number of likely N-dealkylation sites (N-methyl/N-ethyl adjacent to an activating group) is 1. The van der Waals surface area contributed by atoms with Crippen molar-refractivity contribution in [3.05, 3.63) is 114 Å². The van der Waals surface area contributed by atoms with Gasteiger partial charge in [0.25, 0.3) is 0 Å². The minimum Gasteiger partial charge on any atom is -0.497 e. The second-order valence-corrected chi connectivity index (χ2v) is 10.6. The highest BCUT2D eigenvalue weighted by atomic mass is 19.1. The van der Waals surface area contributed by atoms with Crippen LogP contribution in [-0.4, -0.2) is 45.1 Å². The number of aryl methyl sites for hydroxylation is 1. The van der Waals surface area contributed by atoms with Crippen molar-refractivity contribution in [2.75, 3.05) is 26.0 Å². The van der Waals surface area contributed by atoms with Crippen LogP contribution in [0.5, 0.6) is 5.75 Å². The number of halogens is 2. The minimum atomic E-state index is -0.295. The van der Waals surface area contributed by atoms with Gasteiger partial charge in [-0.2, -0.15) is 0 Å². The molecule has 3 heterocycles. The molecule has 7 nitrogen and oxygen atoms in total. The topological polar surface area (TPSA) is 68.1 Å². The molecule has 1 aliphatic rings. The van der Waals surface area contributed by atoms with Gasteiger partial charge in [-0.15, -0.1) is 0 Å². The molecule has 0 bridgehead atoms. The zero-order valence-corrected chi connectivity index (χ0v) is 23.6. The lowest BCUT2D eigenvalue weighted by Crippen LogP contribution is -2.26. The fraction of sp³-hybridized carbons (Fsp3) is 0.242. The number of hydrogen-bond acceptors (Lipinski definition) is 6. The predicted molar refractivity (Wildman–Crippen MR) is 159 cm³/mol. The number of nitrogens with zero attached hydrogens (tertiary/aromatic N) is 5. The van der Waals surface area contributed by atoms with E-state index < -0.39 is 0 Å². The average molecular weight is 567 g/mol. The van der Waals surface area contributed by atoms with Crippen LogP contribution in [0.25, 0.3) is 22.6 Å². The van der Waals surface area contributed by atoms with Crippen molar-refractivity contribution in [3.8, 4) is 28.4 Å². The van der Waals surface area contributed by atoms with Crippen LogP contribution in [0.15, 0.2) is 85.1 Å². The monoisotopic (exact) mass is 566 g/mol. The van der Waals surface area contributed by atoms with Gasteiger partial charge in [0, 0.05) is 43.9 Å². The average Bonchev–Trinajstić information content (AvgIpc) is 3.57. The van der Waals surface area contributed by atoms with Gasteiger partial charge in [-0.25, -0.2) is 23.7 Å². The summed E-state index contributed by atoms with van der Waals surface area (Å²) in [6, 6.07) is 23.0. The highest BCUT2D eigenvalue weighted by Crippen LogP contribution is 2.39. The zero-order valence-electron chi connectivity index (χ0n) is 23.6. The quantitative estimate of drug-likeness (QED) is 0.208. The van der Waals surface area contributed by atoms with E-state index in [0.717, 1.165) is 64.7 Å². The van der Waals surface area contributed by atoms with Crippen LogP contribution in [0, 0.1) is 11.6 Å². The summed E-state index contributed by atoms with van der Waals surface area (Å²) in [4.78, 5) is 16.6. The van der Waals surface area contributed by atoms with Crippen LogP contribution in [0.1, 0.15) is 29.4 Å². The lowest BCUT2D eigenvalue weighted by molar-refractivity contribution is 0.273. The first kappa shape index (κ1) is 27.5. The van der Waals surface area contributed by atoms with Crippen LogP contribution in [0.4, 0.5) is 14.7 Å². The Balaban J connectivity index is 1.31. The van der Waals surface area contributed by atoms with Crippen molar-refractivity contribution in [2.24, 2.45) is 0 Å². The highest BCUT2D eigenvalue weighted by molar-refractivity contribution is 5.78. The number of fused-ring (bicyclic) bond motifs is 1. The lowest BCUT2D eigenvalue weighted by Gasteiger charge is -2.24. The number of anilines is 1. The maximum Gasteiger partial charge on any atom is 0.223 e. The second kappa shape index (κ2) is 12.1. The molecule has 0 radical (unpaired) electrons. The minimum absolute atomic E-state index is 0.140. The van der Waals surface area contributed by atoms with Crippen molar-refractivity contribution in [1.82, 2.24) is 24.4 Å². The van der Waals surface area contributed by atoms with Gasteiger partial charge >= 0.3 is 0 Å². The Morgan fingerprint density at radius 1 is 0.952 bits per heavy atom. The first-order valence-corrected chi connectivity index (χ1v) is 14.0. The third kappa shape index (κ3) is 6.01. The molecule has 0 aliphatic carbocycles. The van der Waals surface area contributed by atoms with E-state index in [0.29, 0.717) is 19.0 Å². The summed E-state index contributed by atoms with van der Waals surface area (Å²) < 4.78 is 35.1. The number of benzene rings is 3. The van der Waals surface area contributed by atoms with Gasteiger partial charge in [0.2, 0.25) is 5.95 Å². The van der Waals surface area contributed by atoms with E-state index in [1.165, 1.54) is 18.2 Å². The van der Waals surface area contributed by atoms with Crippen molar-refractivity contribution >= 4 is 5.95 Å². The van der Waals surface area contributed by atoms with Gasteiger partial charge in [0.1, 0.15) is 23.2 Å². The molecule has 3 aromatic carbocycles. The molecule has 0 fully saturated rings. The lowest BCUT2D eigenvalue weighted by atomic mass is 10.1. The number of methoxy groups -OCH3 is 1. The van der Waals surface area contributed by atoms with Crippen molar-refractivity contribution < 1.29 is 13.5 Å². The van der Waals surface area contributed by atoms with E-state index in [1.54, 1.807) is 37.6 Å². The van der Waals surface area contributed by atoms with Crippen molar-refractivity contribution in [3.63, 3.8) is 0 Å². The molecule has 214 valence electrons. The van der Waals surface area contributed by atoms with Gasteiger partial charge in [0.05, 0.1) is 24.2 Å². The molecule has 1 aliphatic heterocycles. The van der Waals surface area contributed by atoms with Gasteiger partial charge < -0.3 is 19.5 Å². The van der Waals surface area contributed by atoms with Crippen molar-refractivity contribution in [1.29, 1.82) is 0 Å². The molecule has 42 heavy (non-hydrogen) atoms. The first-order chi connectivity index (χ1) is 20.5. The number of ether oxygens (including phenoxy) is 1. The van der Waals surface area contributed by atoms with E-state index in [2.05, 4.69) is 19.8 Å². The fourth-order valence-electron chi connectivity index (χ4n) is 5.57. The summed E-state index contributed by atoms with van der Waals surface area (Å²) >= 11 is 0. The van der Waals surface area contributed by atoms with Gasteiger partial charge in [0.15, 0.2) is 0 Å². The van der Waals surface area contributed by atoms with Gasteiger partial charge in [-0.05, 0) is 79.2 Å². The second-order valence-electron chi connectivity index (χ2n) is 10.6. The van der Waals surface area contributed by atoms with Crippen LogP contribution in [0.2, 0.25) is 0 Å². The van der Waals surface area contributed by atoms with Crippen LogP contribution >= 0.6 is 0 Å². The summed E-state index contributed by atoms with van der Waals surface area (Å²) in [6.45, 7) is 1.94. The number of nitrogens with one attached hydrogen (secondary N) is 1. The molecule has 6 rings (SSSR count). The summed E-state index contributed by atoms with van der Waals surface area (Å²) in [7, 11) is 3.69. The maximum absolute atomic E-state index is 13.8. The van der Waals surface area contributed by atoms with Crippen molar-refractivity contribution in [2.45, 2.75) is 32.0 Å². The fourth-order valence-corrected chi connectivity index (χ4v) is 5.57. The maximum atomic E-state index is 13.8. The molecule has 0 spiro atoms. The molecule has 0 saturated carbocycles. The van der Waals surface area contributed by atoms with E-state index in [1.807, 2.05) is 43.4 Å². The summed E-state index contributed by atoms with van der Waals surface area (Å²) in [5.41, 5.74) is 5.21. The Morgan fingerprint density at radius 2 is 1.76 bits per heavy atom. The van der Waals surface area contributed by atoms with Gasteiger partial charge in [-0.3, -0.25) is 0 Å². The van der Waals surface area contributed by atoms with E-state index in [-0.39, 0.29) is 17.7 Å². The first-order valence-electron chi connectivity index (χ1n) is 14.0. The number of imidazole rings is 1. The van der Waals surface area contributed by atoms with E-state index in [4.69, 9.17) is 14.7 Å². The van der Waals surface area contributed by atoms with Crippen LogP contribution < -0.4 is 10.1 Å². The third-order valence-electron chi connectivity index (χ3n) is 7.54. The number of rotatable bonds is 10. The van der Waals surface area contributed by atoms with Crippen LogP contribution in [0.3, 0.4) is 0 Å². The largest absolute Gasteiger partial charge is 0.497 e. The predicted octanol–water partition coefficient (Wildman–Crippen LogP) is 6.53. The molecule has 1 atom stereocenters. The molecule has 0 amide bonds. The molecule has 9 heteroatoms. The SMILES string of the molecule is COc1ccc(CNc2nccc(-c3c(-c4ccc(F)cc4)nc4n3C(CN(C)Cc3cccc(F)c3)CC4)n2)cc1. The Kier molecular flexibility index (Phi) is 7.92.